The normalized spacial score (nSPS) is 10.8. The maximum Gasteiger partial charge on any atom is 0.292 e. The minimum Gasteiger partial charge on any atom is -0.486 e. The maximum absolute atomic E-state index is 13.0. The van der Waals surface area contributed by atoms with Crippen molar-refractivity contribution in [1.82, 2.24) is 9.78 Å². The van der Waals surface area contributed by atoms with Crippen molar-refractivity contribution in [2.24, 2.45) is 0 Å². The first kappa shape index (κ1) is 21.1. The minimum atomic E-state index is -0.483. The van der Waals surface area contributed by atoms with Gasteiger partial charge in [-0.15, -0.1) is 0 Å². The molecule has 0 fully saturated rings. The Morgan fingerprint density at radius 2 is 1.87 bits per heavy atom. The molecule has 0 aliphatic heterocycles. The molecular formula is C22H16BrClFN3O3. The number of aromatic nitrogens is 2. The van der Waals surface area contributed by atoms with E-state index in [1.807, 2.05) is 24.3 Å². The van der Waals surface area contributed by atoms with Gasteiger partial charge >= 0.3 is 0 Å². The second-order valence-electron chi connectivity index (χ2n) is 6.61. The lowest BCUT2D eigenvalue weighted by atomic mass is 10.2. The highest BCUT2D eigenvalue weighted by Gasteiger charge is 2.16. The first-order valence-corrected chi connectivity index (χ1v) is 10.4. The number of halogens is 3. The van der Waals surface area contributed by atoms with Gasteiger partial charge in [-0.1, -0.05) is 39.7 Å². The Morgan fingerprint density at radius 1 is 1.13 bits per heavy atom. The van der Waals surface area contributed by atoms with E-state index in [4.69, 9.17) is 20.8 Å². The summed E-state index contributed by atoms with van der Waals surface area (Å²) >= 11 is 9.55. The summed E-state index contributed by atoms with van der Waals surface area (Å²) in [6.07, 6.45) is 1.58. The second-order valence-corrected chi connectivity index (χ2v) is 7.94. The number of nitrogens with one attached hydrogen (secondary N) is 1. The van der Waals surface area contributed by atoms with E-state index in [1.165, 1.54) is 12.1 Å². The lowest BCUT2D eigenvalue weighted by Crippen LogP contribution is -2.12. The summed E-state index contributed by atoms with van der Waals surface area (Å²) < 4.78 is 26.7. The smallest absolute Gasteiger partial charge is 0.292 e. The van der Waals surface area contributed by atoms with Crippen molar-refractivity contribution >= 4 is 39.3 Å². The summed E-state index contributed by atoms with van der Waals surface area (Å²) in [5.74, 6) is 0.709. The fourth-order valence-corrected chi connectivity index (χ4v) is 3.23. The number of rotatable bonds is 7. The molecule has 0 aliphatic rings. The van der Waals surface area contributed by atoms with E-state index in [1.54, 1.807) is 35.1 Å². The number of amides is 1. The van der Waals surface area contributed by atoms with E-state index in [0.717, 1.165) is 10.0 Å². The minimum absolute atomic E-state index is 0.110. The lowest BCUT2D eigenvalue weighted by molar-refractivity contribution is 0.0992. The molecule has 0 aliphatic carbocycles. The predicted octanol–water partition coefficient (Wildman–Crippen LogP) is 5.91. The van der Waals surface area contributed by atoms with E-state index in [-0.39, 0.29) is 29.0 Å². The molecule has 1 amide bonds. The van der Waals surface area contributed by atoms with Gasteiger partial charge in [-0.05, 0) is 54.1 Å². The first-order chi connectivity index (χ1) is 15.0. The third kappa shape index (κ3) is 5.53. The number of hydrogen-bond acceptors (Lipinski definition) is 4. The van der Waals surface area contributed by atoms with Crippen LogP contribution in [0.3, 0.4) is 0 Å². The summed E-state index contributed by atoms with van der Waals surface area (Å²) in [6.45, 7) is 0.566. The molecule has 0 spiro atoms. The highest BCUT2D eigenvalue weighted by Crippen LogP contribution is 2.22. The molecule has 0 unspecified atom stereocenters. The van der Waals surface area contributed by atoms with Crippen molar-refractivity contribution in [3.05, 3.63) is 99.3 Å². The molecule has 1 N–H and O–H groups in total. The molecule has 158 valence electrons. The summed E-state index contributed by atoms with van der Waals surface area (Å²) in [7, 11) is 0. The number of ether oxygens (including phenoxy) is 1. The van der Waals surface area contributed by atoms with Gasteiger partial charge in [0.15, 0.2) is 11.6 Å². The fraction of sp³-hybridized carbons (Fsp3) is 0.0909. The number of carbonyl (C=O) groups is 1. The van der Waals surface area contributed by atoms with Gasteiger partial charge in [0.05, 0.1) is 6.54 Å². The summed E-state index contributed by atoms with van der Waals surface area (Å²) in [6, 6.07) is 16.7. The van der Waals surface area contributed by atoms with E-state index < -0.39 is 5.91 Å². The molecule has 6 nitrogen and oxygen atoms in total. The number of furan rings is 1. The van der Waals surface area contributed by atoms with Gasteiger partial charge in [0.1, 0.15) is 29.0 Å². The van der Waals surface area contributed by atoms with E-state index in [2.05, 4.69) is 26.3 Å². The van der Waals surface area contributed by atoms with Crippen LogP contribution in [-0.4, -0.2) is 15.7 Å². The molecule has 0 radical (unpaired) electrons. The Labute approximate surface area is 190 Å². The Morgan fingerprint density at radius 3 is 2.61 bits per heavy atom. The quantitative estimate of drug-likeness (QED) is 0.340. The van der Waals surface area contributed by atoms with Gasteiger partial charge in [0, 0.05) is 10.7 Å². The Hall–Kier alpha value is -3.10. The summed E-state index contributed by atoms with van der Waals surface area (Å²) in [5.41, 5.74) is 0.847. The fourth-order valence-electron chi connectivity index (χ4n) is 2.77. The van der Waals surface area contributed by atoms with Crippen LogP contribution < -0.4 is 10.1 Å². The molecule has 4 rings (SSSR count). The van der Waals surface area contributed by atoms with Gasteiger partial charge in [0.2, 0.25) is 0 Å². The molecule has 2 heterocycles. The third-order valence-corrected chi connectivity index (χ3v) is 5.09. The van der Waals surface area contributed by atoms with Crippen LogP contribution in [0.25, 0.3) is 0 Å². The van der Waals surface area contributed by atoms with E-state index in [9.17, 15) is 9.18 Å². The average molecular weight is 505 g/mol. The van der Waals surface area contributed by atoms with Gasteiger partial charge in [-0.25, -0.2) is 4.39 Å². The van der Waals surface area contributed by atoms with Crippen LogP contribution in [0.4, 0.5) is 10.2 Å². The SMILES string of the molecule is O=C(Nc1nn(Cc2ccc(F)cc2)cc1Cl)c1ccc(COc2ccc(Br)cc2)o1. The molecule has 0 bridgehead atoms. The predicted molar refractivity (Wildman–Crippen MR) is 118 cm³/mol. The highest BCUT2D eigenvalue weighted by molar-refractivity contribution is 9.10. The monoisotopic (exact) mass is 503 g/mol. The van der Waals surface area contributed by atoms with Crippen LogP contribution in [0.15, 0.2) is 75.8 Å². The molecule has 4 aromatic rings. The number of benzene rings is 2. The molecule has 0 saturated carbocycles. The Balaban J connectivity index is 1.36. The Bertz CT molecular complexity index is 1190. The van der Waals surface area contributed by atoms with Crippen LogP contribution in [0.2, 0.25) is 5.02 Å². The highest BCUT2D eigenvalue weighted by atomic mass is 79.9. The van der Waals surface area contributed by atoms with Crippen molar-refractivity contribution in [1.29, 1.82) is 0 Å². The molecular weight excluding hydrogens is 489 g/mol. The zero-order valence-corrected chi connectivity index (χ0v) is 18.4. The van der Waals surface area contributed by atoms with Gasteiger partial charge < -0.3 is 14.5 Å². The molecule has 2 aromatic carbocycles. The first-order valence-electron chi connectivity index (χ1n) is 9.22. The van der Waals surface area contributed by atoms with Gasteiger partial charge in [0.25, 0.3) is 5.91 Å². The number of anilines is 1. The van der Waals surface area contributed by atoms with Crippen LogP contribution in [0.1, 0.15) is 21.9 Å². The summed E-state index contributed by atoms with van der Waals surface area (Å²) in [5, 5.41) is 7.18. The lowest BCUT2D eigenvalue weighted by Gasteiger charge is -2.04. The number of nitrogens with zero attached hydrogens (tertiary/aromatic N) is 2. The van der Waals surface area contributed by atoms with E-state index in [0.29, 0.717) is 18.1 Å². The maximum atomic E-state index is 13.0. The topological polar surface area (TPSA) is 69.3 Å². The van der Waals surface area contributed by atoms with Crippen molar-refractivity contribution in [2.45, 2.75) is 13.2 Å². The van der Waals surface area contributed by atoms with Gasteiger partial charge in [-0.2, -0.15) is 5.10 Å². The molecule has 0 atom stereocenters. The van der Waals surface area contributed by atoms with Crippen molar-refractivity contribution < 1.29 is 18.3 Å². The molecule has 0 saturated heterocycles. The van der Waals surface area contributed by atoms with Crippen molar-refractivity contribution in [3.63, 3.8) is 0 Å². The number of hydrogen-bond donors (Lipinski definition) is 1. The summed E-state index contributed by atoms with van der Waals surface area (Å²) in [4.78, 5) is 12.5. The van der Waals surface area contributed by atoms with Crippen molar-refractivity contribution in [3.8, 4) is 5.75 Å². The third-order valence-electron chi connectivity index (χ3n) is 4.29. The molecule has 9 heteroatoms. The Kier molecular flexibility index (Phi) is 6.39. The van der Waals surface area contributed by atoms with Crippen LogP contribution in [0.5, 0.6) is 5.75 Å². The van der Waals surface area contributed by atoms with Gasteiger partial charge in [-0.3, -0.25) is 9.48 Å². The molecule has 2 aromatic heterocycles. The van der Waals surface area contributed by atoms with Crippen molar-refractivity contribution in [2.75, 3.05) is 5.32 Å². The van der Waals surface area contributed by atoms with Crippen LogP contribution >= 0.6 is 27.5 Å². The van der Waals surface area contributed by atoms with Crippen LogP contribution in [-0.2, 0) is 13.2 Å². The zero-order valence-electron chi connectivity index (χ0n) is 16.0. The zero-order chi connectivity index (χ0) is 21.8. The number of carbonyl (C=O) groups excluding carboxylic acids is 1. The standard InChI is InChI=1S/C22H16BrClFN3O3/c23-15-3-7-17(8-4-15)30-13-18-9-10-20(31-18)22(29)26-21-19(24)12-28(27-21)11-14-1-5-16(25)6-2-14/h1-10,12H,11,13H2,(H,26,27,29). The largest absolute Gasteiger partial charge is 0.486 e. The van der Waals surface area contributed by atoms with Crippen LogP contribution in [0, 0.1) is 5.82 Å². The average Bonchev–Trinajstić information content (AvgIpc) is 3.36. The molecule has 31 heavy (non-hydrogen) atoms. The van der Waals surface area contributed by atoms with E-state index >= 15 is 0 Å². The second kappa shape index (κ2) is 9.36.